The van der Waals surface area contributed by atoms with Crippen LogP contribution < -0.4 is 30.7 Å². The Balaban J connectivity index is 1.51. The van der Waals surface area contributed by atoms with Crippen LogP contribution in [0.25, 0.3) is 6.08 Å². The average Bonchev–Trinajstić information content (AvgIpc) is 3.08. The van der Waals surface area contributed by atoms with E-state index < -0.39 is 17.1 Å². The summed E-state index contributed by atoms with van der Waals surface area (Å²) in [5, 5.41) is 10.8. The molecule has 4 aromatic rings. The van der Waals surface area contributed by atoms with Crippen molar-refractivity contribution in [3.05, 3.63) is 114 Å². The number of nitrogens with one attached hydrogen (secondary N) is 4. The van der Waals surface area contributed by atoms with E-state index in [4.69, 9.17) is 9.47 Å². The second-order valence-electron chi connectivity index (χ2n) is 10.2. The Hall–Kier alpha value is -5.55. The minimum atomic E-state index is -0.554. The van der Waals surface area contributed by atoms with Crippen LogP contribution in [0.1, 0.15) is 36.2 Å². The van der Waals surface area contributed by atoms with Crippen LogP contribution in [0, 0.1) is 0 Å². The van der Waals surface area contributed by atoms with Gasteiger partial charge in [-0.2, -0.15) is 0 Å². The molecule has 1 atom stereocenters. The van der Waals surface area contributed by atoms with E-state index in [1.54, 1.807) is 98.1 Å². The summed E-state index contributed by atoms with van der Waals surface area (Å²) in [5.41, 5.74) is 2.66. The van der Waals surface area contributed by atoms with E-state index in [2.05, 4.69) is 21.3 Å². The second-order valence-corrected chi connectivity index (χ2v) is 11.5. The third-order valence-corrected chi connectivity index (χ3v) is 8.13. The predicted octanol–water partition coefficient (Wildman–Crippen LogP) is 6.58. The zero-order valence-corrected chi connectivity index (χ0v) is 27.3. The highest BCUT2D eigenvalue weighted by molar-refractivity contribution is 8.00. The van der Waals surface area contributed by atoms with Crippen molar-refractivity contribution in [3.63, 3.8) is 0 Å². The molecule has 0 aliphatic rings. The molecule has 4 rings (SSSR count). The molecule has 242 valence electrons. The molecule has 0 radical (unpaired) electrons. The zero-order valence-electron chi connectivity index (χ0n) is 26.5. The molecule has 0 heterocycles. The zero-order chi connectivity index (χ0) is 33.8. The molecule has 10 nitrogen and oxygen atoms in total. The number of rotatable bonds is 13. The molecule has 4 N–H and O–H groups in total. The van der Waals surface area contributed by atoms with E-state index in [9.17, 15) is 19.2 Å². The summed E-state index contributed by atoms with van der Waals surface area (Å²) in [6.45, 7) is 3.35. The molecule has 4 aromatic carbocycles. The summed E-state index contributed by atoms with van der Waals surface area (Å²) in [4.78, 5) is 51.9. The van der Waals surface area contributed by atoms with Gasteiger partial charge >= 0.3 is 0 Å². The Bertz CT molecular complexity index is 1760. The van der Waals surface area contributed by atoms with E-state index in [1.807, 2.05) is 13.0 Å². The van der Waals surface area contributed by atoms with Gasteiger partial charge in [-0.3, -0.25) is 19.2 Å². The van der Waals surface area contributed by atoms with Crippen molar-refractivity contribution in [1.82, 2.24) is 5.32 Å². The third-order valence-electron chi connectivity index (χ3n) is 6.78. The fourth-order valence-corrected chi connectivity index (χ4v) is 5.44. The highest BCUT2D eigenvalue weighted by Crippen LogP contribution is 2.30. The molecule has 0 aromatic heterocycles. The first kappa shape index (κ1) is 34.3. The van der Waals surface area contributed by atoms with Gasteiger partial charge in [0.2, 0.25) is 11.8 Å². The minimum absolute atomic E-state index is 0.00397. The Labute approximate surface area is 277 Å². The summed E-state index contributed by atoms with van der Waals surface area (Å²) in [7, 11) is 3.05. The van der Waals surface area contributed by atoms with Gasteiger partial charge in [-0.25, -0.2) is 0 Å². The van der Waals surface area contributed by atoms with Gasteiger partial charge in [-0.1, -0.05) is 31.2 Å². The van der Waals surface area contributed by atoms with E-state index in [1.165, 1.54) is 31.9 Å². The standard InChI is InChI=1S/C36H36N4O6S/c1-5-33(36(44)38-27-17-15-26(16-18-27)37-23(2)41)47-30-13-9-12-28(21-30)39-35(43)31(40-34(42)24-10-7-6-8-11-24)20-25-14-19-29(45-3)22-32(25)46-4/h6-22,33H,5H2,1-4H3,(H,37,41)(H,38,44)(H,39,43)(H,40,42)/b31-20+. The van der Waals surface area contributed by atoms with Gasteiger partial charge in [0.25, 0.3) is 11.8 Å². The van der Waals surface area contributed by atoms with Crippen LogP contribution in [-0.2, 0) is 14.4 Å². The number of ether oxygens (including phenoxy) is 2. The number of carbonyl (C=O) groups is 4. The van der Waals surface area contributed by atoms with Gasteiger partial charge in [0, 0.05) is 46.1 Å². The van der Waals surface area contributed by atoms with Crippen LogP contribution in [0.15, 0.2) is 108 Å². The molecule has 0 aliphatic heterocycles. The Morgan fingerprint density at radius 2 is 1.47 bits per heavy atom. The normalized spacial score (nSPS) is 11.5. The molecular formula is C36H36N4O6S. The molecule has 0 aliphatic carbocycles. The van der Waals surface area contributed by atoms with Crippen molar-refractivity contribution < 1.29 is 28.7 Å². The Morgan fingerprint density at radius 3 is 2.11 bits per heavy atom. The van der Waals surface area contributed by atoms with E-state index in [0.29, 0.717) is 46.1 Å². The number of carbonyl (C=O) groups excluding carboxylic acids is 4. The van der Waals surface area contributed by atoms with Crippen molar-refractivity contribution in [1.29, 1.82) is 0 Å². The predicted molar refractivity (Wildman–Crippen MR) is 186 cm³/mol. The number of hydrogen-bond acceptors (Lipinski definition) is 7. The number of methoxy groups -OCH3 is 2. The van der Waals surface area contributed by atoms with E-state index in [0.717, 1.165) is 4.90 Å². The minimum Gasteiger partial charge on any atom is -0.497 e. The topological polar surface area (TPSA) is 135 Å². The van der Waals surface area contributed by atoms with Crippen LogP contribution in [0.4, 0.5) is 17.1 Å². The quantitative estimate of drug-likeness (QED) is 0.0947. The lowest BCUT2D eigenvalue weighted by molar-refractivity contribution is -0.116. The lowest BCUT2D eigenvalue weighted by Crippen LogP contribution is -2.30. The average molecular weight is 653 g/mol. The smallest absolute Gasteiger partial charge is 0.272 e. The van der Waals surface area contributed by atoms with Gasteiger partial charge < -0.3 is 30.7 Å². The SMILES string of the molecule is CCC(Sc1cccc(NC(=O)/C(=C\c2ccc(OC)cc2OC)NC(=O)c2ccccc2)c1)C(=O)Nc1ccc(NC(C)=O)cc1. The van der Waals surface area contributed by atoms with Crippen LogP contribution in [0.2, 0.25) is 0 Å². The van der Waals surface area contributed by atoms with E-state index in [-0.39, 0.29) is 17.5 Å². The monoisotopic (exact) mass is 652 g/mol. The largest absolute Gasteiger partial charge is 0.497 e. The van der Waals surface area contributed by atoms with Crippen LogP contribution >= 0.6 is 11.8 Å². The fraction of sp³-hybridized carbons (Fsp3) is 0.167. The molecule has 0 bridgehead atoms. The van der Waals surface area contributed by atoms with Crippen molar-refractivity contribution in [3.8, 4) is 11.5 Å². The molecule has 11 heteroatoms. The summed E-state index contributed by atoms with van der Waals surface area (Å²) in [6.07, 6.45) is 2.09. The molecule has 47 heavy (non-hydrogen) atoms. The van der Waals surface area contributed by atoms with Crippen LogP contribution in [0.3, 0.4) is 0 Å². The molecule has 1 unspecified atom stereocenters. The lowest BCUT2D eigenvalue weighted by atomic mass is 10.1. The van der Waals surface area contributed by atoms with Crippen LogP contribution in [-0.4, -0.2) is 43.1 Å². The number of thioether (sulfide) groups is 1. The number of hydrogen-bond donors (Lipinski definition) is 4. The fourth-order valence-electron chi connectivity index (χ4n) is 4.43. The maximum absolute atomic E-state index is 13.6. The number of anilines is 3. The number of benzene rings is 4. The van der Waals surface area contributed by atoms with Gasteiger partial charge in [0.05, 0.1) is 19.5 Å². The van der Waals surface area contributed by atoms with Gasteiger partial charge in [0.15, 0.2) is 0 Å². The molecule has 0 saturated heterocycles. The number of amides is 4. The molecule has 0 saturated carbocycles. The van der Waals surface area contributed by atoms with Gasteiger partial charge in [0.1, 0.15) is 17.2 Å². The Morgan fingerprint density at radius 1 is 0.766 bits per heavy atom. The maximum Gasteiger partial charge on any atom is 0.272 e. The first-order valence-electron chi connectivity index (χ1n) is 14.8. The maximum atomic E-state index is 13.6. The van der Waals surface area contributed by atoms with Crippen molar-refractivity contribution in [2.75, 3.05) is 30.2 Å². The van der Waals surface area contributed by atoms with E-state index >= 15 is 0 Å². The van der Waals surface area contributed by atoms with Crippen molar-refractivity contribution in [2.45, 2.75) is 30.4 Å². The summed E-state index contributed by atoms with van der Waals surface area (Å²) in [5.74, 6) is -0.334. The highest BCUT2D eigenvalue weighted by Gasteiger charge is 2.20. The molecule has 0 spiro atoms. The molecule has 4 amide bonds. The molecule has 0 fully saturated rings. The Kier molecular flexibility index (Phi) is 12.2. The lowest BCUT2D eigenvalue weighted by Gasteiger charge is -2.16. The molecular weight excluding hydrogens is 616 g/mol. The summed E-state index contributed by atoms with van der Waals surface area (Å²) >= 11 is 1.36. The summed E-state index contributed by atoms with van der Waals surface area (Å²) < 4.78 is 10.8. The third kappa shape index (κ3) is 9.97. The van der Waals surface area contributed by atoms with Crippen molar-refractivity contribution in [2.24, 2.45) is 0 Å². The van der Waals surface area contributed by atoms with Crippen molar-refractivity contribution >= 4 is 58.5 Å². The van der Waals surface area contributed by atoms with Gasteiger partial charge in [-0.05, 0) is 79.2 Å². The first-order chi connectivity index (χ1) is 22.7. The second kappa shape index (κ2) is 16.7. The van der Waals surface area contributed by atoms with Crippen LogP contribution in [0.5, 0.6) is 11.5 Å². The summed E-state index contributed by atoms with van der Waals surface area (Å²) in [6, 6.07) is 27.7. The first-order valence-corrected chi connectivity index (χ1v) is 15.6. The highest BCUT2D eigenvalue weighted by atomic mass is 32.2. The van der Waals surface area contributed by atoms with Gasteiger partial charge in [-0.15, -0.1) is 11.8 Å².